The zero-order chi connectivity index (χ0) is 42.7. The van der Waals surface area contributed by atoms with Crippen molar-refractivity contribution in [3.8, 4) is 0 Å². The minimum absolute atomic E-state index is 0.222. The molecular weight excluding hydrogens is 694 g/mol. The molecule has 0 saturated heterocycles. The molecule has 320 valence electrons. The summed E-state index contributed by atoms with van der Waals surface area (Å²) in [5.41, 5.74) is 19.5. The fraction of sp³-hybridized carbons (Fsp3) is 0.786. The van der Waals surface area contributed by atoms with E-state index in [4.69, 9.17) is 0 Å². The molecule has 4 aliphatic rings. The number of hydrogen-bond acceptors (Lipinski definition) is 0. The molecule has 0 fully saturated rings. The highest BCUT2D eigenvalue weighted by Crippen LogP contribution is 2.64. The van der Waals surface area contributed by atoms with Crippen molar-refractivity contribution in [1.82, 2.24) is 0 Å². The van der Waals surface area contributed by atoms with Gasteiger partial charge in [0.25, 0.3) is 0 Å². The Labute approximate surface area is 362 Å². The van der Waals surface area contributed by atoms with Crippen LogP contribution in [0.25, 0.3) is 0 Å². The van der Waals surface area contributed by atoms with Crippen LogP contribution in [0, 0.1) is 0 Å². The molecule has 0 spiro atoms. The van der Waals surface area contributed by atoms with Gasteiger partial charge in [-0.2, -0.15) is 0 Å². The van der Waals surface area contributed by atoms with Crippen molar-refractivity contribution in [2.75, 3.05) is 0 Å². The molecule has 58 heavy (non-hydrogen) atoms. The summed E-state index contributed by atoms with van der Waals surface area (Å²) in [6, 6.07) is 5.79. The summed E-state index contributed by atoms with van der Waals surface area (Å²) in [7, 11) is 5.72. The van der Waals surface area contributed by atoms with E-state index in [1.54, 1.807) is 55.4 Å². The first-order valence-electron chi connectivity index (χ1n) is 25.9. The second-order valence-electron chi connectivity index (χ2n) is 21.2. The zero-order valence-electron chi connectivity index (χ0n) is 41.5. The third kappa shape index (κ3) is 5.85. The SMILES string of the molecule is CCC1(CC)CC(CC)(CC)c2c1cc1c(c2[B][B]c2c3c(cc4c2C(CC)(CC)CC4(CC)CC)C(CC)(CC)CC3(CC)CC)C(CC)(CC)CC1(CC)CC. The lowest BCUT2D eigenvalue weighted by Gasteiger charge is -2.37. The maximum atomic E-state index is 2.89. The second-order valence-corrected chi connectivity index (χ2v) is 21.2. The summed E-state index contributed by atoms with van der Waals surface area (Å²) in [6.45, 7) is 40.5. The lowest BCUT2D eigenvalue weighted by atomic mass is 9.30. The average molecular weight is 785 g/mol. The van der Waals surface area contributed by atoms with E-state index in [-0.39, 0.29) is 43.3 Å². The molecule has 0 heterocycles. The van der Waals surface area contributed by atoms with E-state index in [0.29, 0.717) is 0 Å². The molecule has 2 aromatic carbocycles. The Morgan fingerprint density at radius 2 is 0.431 bits per heavy atom. The maximum Gasteiger partial charge on any atom is 0.114 e. The van der Waals surface area contributed by atoms with E-state index in [1.807, 2.05) is 0 Å². The van der Waals surface area contributed by atoms with Crippen molar-refractivity contribution in [3.63, 3.8) is 0 Å². The van der Waals surface area contributed by atoms with Crippen LogP contribution in [0.15, 0.2) is 12.1 Å². The van der Waals surface area contributed by atoms with Crippen LogP contribution in [0.5, 0.6) is 0 Å². The Morgan fingerprint density at radius 3 is 0.569 bits per heavy atom. The van der Waals surface area contributed by atoms with Crippen LogP contribution in [0.1, 0.15) is 284 Å². The zero-order valence-corrected chi connectivity index (χ0v) is 41.5. The van der Waals surface area contributed by atoms with Crippen LogP contribution in [0.4, 0.5) is 0 Å². The van der Waals surface area contributed by atoms with E-state index < -0.39 is 0 Å². The van der Waals surface area contributed by atoms with Gasteiger partial charge in [0.05, 0.1) is 0 Å². The van der Waals surface area contributed by atoms with Gasteiger partial charge in [-0.15, -0.1) is 0 Å². The Hall–Kier alpha value is -1.43. The van der Waals surface area contributed by atoms with Crippen LogP contribution in [-0.2, 0) is 43.3 Å². The first-order chi connectivity index (χ1) is 27.7. The van der Waals surface area contributed by atoms with Gasteiger partial charge < -0.3 is 0 Å². The lowest BCUT2D eigenvalue weighted by Crippen LogP contribution is -2.46. The molecule has 4 aliphatic carbocycles. The summed E-state index contributed by atoms with van der Waals surface area (Å²) in [4.78, 5) is 0. The van der Waals surface area contributed by atoms with Gasteiger partial charge in [-0.25, -0.2) is 0 Å². The highest BCUT2D eigenvalue weighted by molar-refractivity contribution is 7.13. The first-order valence-corrected chi connectivity index (χ1v) is 25.9. The molecule has 0 aliphatic heterocycles. The third-order valence-electron chi connectivity index (χ3n) is 21.1. The van der Waals surface area contributed by atoms with E-state index in [1.165, 1.54) is 128 Å². The van der Waals surface area contributed by atoms with Gasteiger partial charge in [0.15, 0.2) is 0 Å². The molecule has 0 unspecified atom stereocenters. The van der Waals surface area contributed by atoms with E-state index in [2.05, 4.69) is 137 Å². The minimum atomic E-state index is 0.222. The topological polar surface area (TPSA) is 0 Å². The molecule has 0 aromatic heterocycles. The van der Waals surface area contributed by atoms with E-state index >= 15 is 0 Å². The Bertz CT molecular complexity index is 1520. The molecule has 0 saturated carbocycles. The van der Waals surface area contributed by atoms with E-state index in [0.717, 1.165) is 0 Å². The minimum Gasteiger partial charge on any atom is -0.0887 e. The number of rotatable bonds is 19. The summed E-state index contributed by atoms with van der Waals surface area (Å²) in [5, 5.41) is 0. The van der Waals surface area contributed by atoms with Crippen molar-refractivity contribution in [2.45, 2.75) is 283 Å². The molecule has 2 heteroatoms. The maximum absolute atomic E-state index is 2.89. The standard InChI is InChI=1S/C56H90B2/c1-17-49(18-2)35-53(25-9,26-10)43-39(49)33-40-44(54(27-11,28-12)36-50(40,19-3)20-4)47(43)57-58-48-45-41(51(21-5,22-6)37-55(45,29-13)30-14)34-42-46(48)56(31-15,32-16)38-52(42,23-7)24-8/h33-34H,17-32,35-38H2,1-16H3. The fourth-order valence-corrected chi connectivity index (χ4v) is 16.1. The largest absolute Gasteiger partial charge is 0.114 e. The van der Waals surface area contributed by atoms with Crippen molar-refractivity contribution >= 4 is 25.3 Å². The first kappa shape index (κ1) is 46.1. The van der Waals surface area contributed by atoms with Crippen LogP contribution >= 0.6 is 0 Å². The highest BCUT2D eigenvalue weighted by atomic mass is 14.6. The van der Waals surface area contributed by atoms with Gasteiger partial charge in [-0.1, -0.05) is 134 Å². The van der Waals surface area contributed by atoms with Crippen LogP contribution < -0.4 is 10.9 Å². The Balaban J connectivity index is 1.79. The third-order valence-corrected chi connectivity index (χ3v) is 21.1. The van der Waals surface area contributed by atoms with Crippen LogP contribution in [0.3, 0.4) is 0 Å². The summed E-state index contributed by atoms with van der Waals surface area (Å²) >= 11 is 0. The predicted octanol–water partition coefficient (Wildman–Crippen LogP) is 15.0. The Morgan fingerprint density at radius 1 is 0.276 bits per heavy atom. The number of fused-ring (bicyclic) bond motifs is 4. The van der Waals surface area contributed by atoms with Gasteiger partial charge in [0.1, 0.15) is 14.3 Å². The van der Waals surface area contributed by atoms with Gasteiger partial charge in [0, 0.05) is 0 Å². The Kier molecular flexibility index (Phi) is 13.0. The van der Waals surface area contributed by atoms with Crippen molar-refractivity contribution in [1.29, 1.82) is 0 Å². The fourth-order valence-electron chi connectivity index (χ4n) is 16.1. The quantitative estimate of drug-likeness (QED) is 0.125. The summed E-state index contributed by atoms with van der Waals surface area (Å²) < 4.78 is 0. The molecular formula is C56H90B2. The number of benzene rings is 2. The average Bonchev–Trinajstić information content (AvgIpc) is 3.95. The smallest absolute Gasteiger partial charge is 0.0887 e. The highest BCUT2D eigenvalue weighted by Gasteiger charge is 2.58. The van der Waals surface area contributed by atoms with Gasteiger partial charge in [-0.05, 0) is 216 Å². The normalized spacial score (nSPS) is 22.7. The molecule has 2 aromatic rings. The molecule has 0 atom stereocenters. The molecule has 0 bridgehead atoms. The summed E-state index contributed by atoms with van der Waals surface area (Å²) in [5.74, 6) is 0. The van der Waals surface area contributed by atoms with Gasteiger partial charge >= 0.3 is 0 Å². The van der Waals surface area contributed by atoms with Crippen LogP contribution in [-0.4, -0.2) is 14.3 Å². The lowest BCUT2D eigenvalue weighted by molar-refractivity contribution is 0.278. The second kappa shape index (κ2) is 16.4. The monoisotopic (exact) mass is 785 g/mol. The summed E-state index contributed by atoms with van der Waals surface area (Å²) in [6.07, 6.45) is 25.1. The van der Waals surface area contributed by atoms with Crippen molar-refractivity contribution in [3.05, 3.63) is 56.6 Å². The predicted molar refractivity (Wildman–Crippen MR) is 260 cm³/mol. The number of hydrogen-bond donors (Lipinski definition) is 0. The molecule has 2 radical (unpaired) electrons. The van der Waals surface area contributed by atoms with Gasteiger partial charge in [-0.3, -0.25) is 0 Å². The molecule has 0 nitrogen and oxygen atoms in total. The van der Waals surface area contributed by atoms with Crippen molar-refractivity contribution in [2.24, 2.45) is 0 Å². The molecule has 0 amide bonds. The molecule has 0 N–H and O–H groups in total. The van der Waals surface area contributed by atoms with Crippen molar-refractivity contribution < 1.29 is 0 Å². The van der Waals surface area contributed by atoms with Gasteiger partial charge in [0.2, 0.25) is 0 Å². The molecule has 6 rings (SSSR count). The van der Waals surface area contributed by atoms with E-state index in [9.17, 15) is 0 Å². The van der Waals surface area contributed by atoms with Crippen LogP contribution in [0.2, 0.25) is 0 Å².